The van der Waals surface area contributed by atoms with Crippen LogP contribution in [-0.2, 0) is 0 Å². The first-order valence-electron chi connectivity index (χ1n) is 19.3. The number of para-hydroxylation sites is 2. The smallest absolute Gasteiger partial charge is 0.162 e. The fourth-order valence-corrected chi connectivity index (χ4v) is 8.44. The number of benzene rings is 8. The molecular formula is C53H32N4O. The van der Waals surface area contributed by atoms with Crippen molar-refractivity contribution in [2.24, 2.45) is 0 Å². The molecule has 0 bridgehead atoms. The van der Waals surface area contributed by atoms with E-state index in [1.165, 1.54) is 0 Å². The average molecular weight is 741 g/mol. The van der Waals surface area contributed by atoms with Crippen molar-refractivity contribution in [2.75, 3.05) is 0 Å². The molecule has 0 saturated heterocycles. The van der Waals surface area contributed by atoms with Gasteiger partial charge >= 0.3 is 0 Å². The molecule has 270 valence electrons. The standard InChI is InChI=1S/C53H32N4O/c54-33-45-48(36-21-9-3-10-22-36)55-53(56-49(45)37-23-11-4-12-24-37)44-32-38(34-17-5-1-6-18-34)31-43(35-19-7-2-8-20-35)50(44)57-46-27-15-13-25-39(46)41-29-30-42-40-26-14-16-28-47(40)58-52(42)51(41)57/h1-32H. The van der Waals surface area contributed by atoms with Crippen molar-refractivity contribution < 1.29 is 4.42 Å². The van der Waals surface area contributed by atoms with E-state index < -0.39 is 0 Å². The van der Waals surface area contributed by atoms with Gasteiger partial charge < -0.3 is 8.98 Å². The molecule has 0 radical (unpaired) electrons. The van der Waals surface area contributed by atoms with Gasteiger partial charge in [0.15, 0.2) is 11.4 Å². The zero-order valence-corrected chi connectivity index (χ0v) is 31.2. The minimum absolute atomic E-state index is 0.422. The zero-order valence-electron chi connectivity index (χ0n) is 31.2. The highest BCUT2D eigenvalue weighted by atomic mass is 16.3. The molecule has 58 heavy (non-hydrogen) atoms. The lowest BCUT2D eigenvalue weighted by molar-refractivity contribution is 0.671. The van der Waals surface area contributed by atoms with Crippen molar-refractivity contribution in [3.63, 3.8) is 0 Å². The second kappa shape index (κ2) is 13.6. The number of aromatic nitrogens is 3. The van der Waals surface area contributed by atoms with Gasteiger partial charge in [-0.3, -0.25) is 0 Å². The lowest BCUT2D eigenvalue weighted by atomic mass is 9.92. The van der Waals surface area contributed by atoms with Crippen molar-refractivity contribution in [2.45, 2.75) is 0 Å². The fraction of sp³-hybridized carbons (Fsp3) is 0. The maximum Gasteiger partial charge on any atom is 0.162 e. The summed E-state index contributed by atoms with van der Waals surface area (Å²) in [5, 5.41) is 15.1. The Hall–Kier alpha value is -8.07. The summed E-state index contributed by atoms with van der Waals surface area (Å²) in [6.45, 7) is 0. The number of rotatable bonds is 6. The maximum atomic E-state index is 10.8. The van der Waals surface area contributed by atoms with E-state index in [9.17, 15) is 5.26 Å². The van der Waals surface area contributed by atoms with Crippen LogP contribution in [0, 0.1) is 11.3 Å². The summed E-state index contributed by atoms with van der Waals surface area (Å²) in [5.74, 6) is 0.504. The van der Waals surface area contributed by atoms with Crippen LogP contribution < -0.4 is 0 Å². The quantitative estimate of drug-likeness (QED) is 0.170. The van der Waals surface area contributed by atoms with E-state index in [2.05, 4.69) is 120 Å². The predicted octanol–water partition coefficient (Wildman–Crippen LogP) is 13.7. The molecule has 3 heterocycles. The zero-order chi connectivity index (χ0) is 38.6. The monoisotopic (exact) mass is 740 g/mol. The fourth-order valence-electron chi connectivity index (χ4n) is 8.44. The molecule has 0 amide bonds. The van der Waals surface area contributed by atoms with Crippen LogP contribution in [0.1, 0.15) is 5.56 Å². The molecule has 0 unspecified atom stereocenters. The van der Waals surface area contributed by atoms with Crippen LogP contribution in [0.2, 0.25) is 0 Å². The Morgan fingerprint density at radius 3 is 1.60 bits per heavy atom. The van der Waals surface area contributed by atoms with Gasteiger partial charge in [0, 0.05) is 43.8 Å². The van der Waals surface area contributed by atoms with Crippen LogP contribution in [0.15, 0.2) is 199 Å². The third kappa shape index (κ3) is 5.31. The van der Waals surface area contributed by atoms with Crippen molar-refractivity contribution in [1.82, 2.24) is 14.5 Å². The third-order valence-corrected chi connectivity index (χ3v) is 11.1. The topological polar surface area (TPSA) is 67.6 Å². The first-order valence-corrected chi connectivity index (χ1v) is 19.3. The molecule has 0 saturated carbocycles. The number of hydrogen-bond donors (Lipinski definition) is 0. The van der Waals surface area contributed by atoms with Crippen molar-refractivity contribution >= 4 is 43.7 Å². The van der Waals surface area contributed by atoms with Crippen LogP contribution >= 0.6 is 0 Å². The van der Waals surface area contributed by atoms with Crippen molar-refractivity contribution in [3.05, 3.63) is 200 Å². The molecule has 0 spiro atoms. The molecule has 3 aromatic heterocycles. The SMILES string of the molecule is N#Cc1c(-c2ccccc2)nc(-c2cc(-c3ccccc3)cc(-c3ccccc3)c2-n2c3ccccc3c3ccc4c5ccccc5oc4c32)nc1-c1ccccc1. The van der Waals surface area contributed by atoms with E-state index in [0.29, 0.717) is 22.8 Å². The van der Waals surface area contributed by atoms with Crippen LogP contribution in [0.3, 0.4) is 0 Å². The van der Waals surface area contributed by atoms with E-state index in [0.717, 1.165) is 88.4 Å². The highest BCUT2D eigenvalue weighted by Gasteiger charge is 2.27. The molecule has 11 rings (SSSR count). The molecule has 0 fully saturated rings. The van der Waals surface area contributed by atoms with E-state index in [4.69, 9.17) is 14.4 Å². The number of nitriles is 1. The largest absolute Gasteiger partial charge is 0.454 e. The van der Waals surface area contributed by atoms with Gasteiger partial charge in [0.1, 0.15) is 17.2 Å². The molecule has 8 aromatic carbocycles. The summed E-state index contributed by atoms with van der Waals surface area (Å²) in [7, 11) is 0. The minimum atomic E-state index is 0.422. The van der Waals surface area contributed by atoms with E-state index in [1.54, 1.807) is 0 Å². The van der Waals surface area contributed by atoms with Crippen LogP contribution in [0.5, 0.6) is 0 Å². The second-order valence-corrected chi connectivity index (χ2v) is 14.4. The molecular weight excluding hydrogens is 709 g/mol. The van der Waals surface area contributed by atoms with Gasteiger partial charge in [-0.1, -0.05) is 164 Å². The van der Waals surface area contributed by atoms with Gasteiger partial charge in [-0.2, -0.15) is 5.26 Å². The average Bonchev–Trinajstić information content (AvgIpc) is 3.85. The first-order chi connectivity index (χ1) is 28.7. The summed E-state index contributed by atoms with van der Waals surface area (Å²) >= 11 is 0. The molecule has 11 aromatic rings. The minimum Gasteiger partial charge on any atom is -0.454 e. The number of nitrogens with zero attached hydrogens (tertiary/aromatic N) is 4. The summed E-state index contributed by atoms with van der Waals surface area (Å²) < 4.78 is 9.19. The Morgan fingerprint density at radius 1 is 0.448 bits per heavy atom. The van der Waals surface area contributed by atoms with Gasteiger partial charge in [-0.05, 0) is 47.0 Å². The Kier molecular flexibility index (Phi) is 7.80. The molecule has 0 aliphatic carbocycles. The summed E-state index contributed by atoms with van der Waals surface area (Å²) in [6, 6.07) is 69.0. The van der Waals surface area contributed by atoms with E-state index >= 15 is 0 Å². The summed E-state index contributed by atoms with van der Waals surface area (Å²) in [6.07, 6.45) is 0. The van der Waals surface area contributed by atoms with Gasteiger partial charge in [-0.15, -0.1) is 0 Å². The number of hydrogen-bond acceptors (Lipinski definition) is 4. The van der Waals surface area contributed by atoms with Crippen molar-refractivity contribution in [3.8, 4) is 67.9 Å². The Morgan fingerprint density at radius 2 is 0.966 bits per heavy atom. The van der Waals surface area contributed by atoms with Gasteiger partial charge in [0.05, 0.1) is 28.1 Å². The van der Waals surface area contributed by atoms with Crippen molar-refractivity contribution in [1.29, 1.82) is 5.26 Å². The molecule has 5 heteroatoms. The van der Waals surface area contributed by atoms with E-state index in [1.807, 2.05) is 84.9 Å². The highest BCUT2D eigenvalue weighted by Crippen LogP contribution is 2.46. The summed E-state index contributed by atoms with van der Waals surface area (Å²) in [5.41, 5.74) is 12.7. The third-order valence-electron chi connectivity index (χ3n) is 11.1. The number of fused-ring (bicyclic) bond motifs is 7. The molecule has 0 aliphatic rings. The second-order valence-electron chi connectivity index (χ2n) is 14.4. The predicted molar refractivity (Wildman–Crippen MR) is 236 cm³/mol. The Balaban J connectivity index is 1.36. The highest BCUT2D eigenvalue weighted by molar-refractivity contribution is 6.22. The summed E-state index contributed by atoms with van der Waals surface area (Å²) in [4.78, 5) is 10.8. The lowest BCUT2D eigenvalue weighted by Gasteiger charge is -2.21. The molecule has 0 atom stereocenters. The van der Waals surface area contributed by atoms with Gasteiger partial charge in [0.2, 0.25) is 0 Å². The Labute approximate surface area is 334 Å². The van der Waals surface area contributed by atoms with Gasteiger partial charge in [-0.25, -0.2) is 9.97 Å². The van der Waals surface area contributed by atoms with Crippen LogP contribution in [0.25, 0.3) is 106 Å². The number of furan rings is 1. The maximum absolute atomic E-state index is 10.8. The van der Waals surface area contributed by atoms with Crippen LogP contribution in [-0.4, -0.2) is 14.5 Å². The Bertz CT molecular complexity index is 3320. The molecule has 0 N–H and O–H groups in total. The van der Waals surface area contributed by atoms with E-state index in [-0.39, 0.29) is 0 Å². The molecule has 0 aliphatic heterocycles. The van der Waals surface area contributed by atoms with Crippen LogP contribution in [0.4, 0.5) is 0 Å². The lowest BCUT2D eigenvalue weighted by Crippen LogP contribution is -2.06. The molecule has 5 nitrogen and oxygen atoms in total. The first kappa shape index (κ1) is 33.3. The van der Waals surface area contributed by atoms with Gasteiger partial charge in [0.25, 0.3) is 0 Å². The normalized spacial score (nSPS) is 11.4.